The van der Waals surface area contributed by atoms with Gasteiger partial charge in [0.25, 0.3) is 0 Å². The number of nitrogens with zero attached hydrogens (tertiary/aromatic N) is 3. The van der Waals surface area contributed by atoms with E-state index in [0.717, 1.165) is 5.69 Å². The third kappa shape index (κ3) is 2.20. The lowest BCUT2D eigenvalue weighted by atomic mass is 10.3. The van der Waals surface area contributed by atoms with E-state index < -0.39 is 0 Å². The van der Waals surface area contributed by atoms with Gasteiger partial charge in [-0.3, -0.25) is 4.90 Å². The fourth-order valence-electron chi connectivity index (χ4n) is 1.37. The van der Waals surface area contributed by atoms with Crippen LogP contribution in [0.15, 0.2) is 34.7 Å². The summed E-state index contributed by atoms with van der Waals surface area (Å²) >= 11 is 0. The highest BCUT2D eigenvalue weighted by molar-refractivity contribution is 5.54. The molecule has 0 saturated carbocycles. The van der Waals surface area contributed by atoms with Gasteiger partial charge in [-0.05, 0) is 12.1 Å². The maximum atomic E-state index is 5.46. The minimum Gasteiger partial charge on any atom is -0.408 e. The number of anilines is 2. The molecule has 84 valence electrons. The minimum atomic E-state index is 0.481. The largest absolute Gasteiger partial charge is 0.408 e. The first-order valence-corrected chi connectivity index (χ1v) is 5.12. The van der Waals surface area contributed by atoms with Gasteiger partial charge in [-0.1, -0.05) is 23.3 Å². The normalized spacial score (nSPS) is 10.4. The SMILES string of the molecule is CN(c1ccccc1)c1nnc(CCN)o1. The summed E-state index contributed by atoms with van der Waals surface area (Å²) in [5.41, 5.74) is 6.42. The molecule has 1 aromatic heterocycles. The highest BCUT2D eigenvalue weighted by Gasteiger charge is 2.11. The molecule has 1 aromatic carbocycles. The number of hydrogen-bond acceptors (Lipinski definition) is 5. The van der Waals surface area contributed by atoms with Crippen LogP contribution in [0.3, 0.4) is 0 Å². The van der Waals surface area contributed by atoms with Gasteiger partial charge in [0.1, 0.15) is 0 Å². The van der Waals surface area contributed by atoms with E-state index in [9.17, 15) is 0 Å². The van der Waals surface area contributed by atoms with Crippen LogP contribution >= 0.6 is 0 Å². The molecule has 16 heavy (non-hydrogen) atoms. The van der Waals surface area contributed by atoms with Crippen molar-refractivity contribution >= 4 is 11.7 Å². The molecule has 2 N–H and O–H groups in total. The maximum absolute atomic E-state index is 5.46. The quantitative estimate of drug-likeness (QED) is 0.838. The van der Waals surface area contributed by atoms with Crippen LogP contribution in [0.2, 0.25) is 0 Å². The van der Waals surface area contributed by atoms with Crippen LogP contribution in [0.4, 0.5) is 11.7 Å². The number of benzene rings is 1. The summed E-state index contributed by atoms with van der Waals surface area (Å²) in [6, 6.07) is 10.3. The van der Waals surface area contributed by atoms with Crippen molar-refractivity contribution in [2.75, 3.05) is 18.5 Å². The number of para-hydroxylation sites is 1. The van der Waals surface area contributed by atoms with E-state index in [4.69, 9.17) is 10.2 Å². The van der Waals surface area contributed by atoms with Crippen molar-refractivity contribution in [3.63, 3.8) is 0 Å². The number of nitrogens with two attached hydrogens (primary N) is 1. The van der Waals surface area contributed by atoms with Crippen LogP contribution in [0, 0.1) is 0 Å². The van der Waals surface area contributed by atoms with Gasteiger partial charge in [0.15, 0.2) is 0 Å². The van der Waals surface area contributed by atoms with Gasteiger partial charge in [0, 0.05) is 25.7 Å². The third-order valence-corrected chi connectivity index (χ3v) is 2.24. The molecule has 2 aromatic rings. The van der Waals surface area contributed by atoms with Crippen LogP contribution in [-0.2, 0) is 6.42 Å². The van der Waals surface area contributed by atoms with E-state index >= 15 is 0 Å². The molecule has 0 amide bonds. The van der Waals surface area contributed by atoms with Crippen LogP contribution < -0.4 is 10.6 Å². The topological polar surface area (TPSA) is 68.2 Å². The van der Waals surface area contributed by atoms with E-state index in [1.807, 2.05) is 42.3 Å². The molecule has 5 nitrogen and oxygen atoms in total. The third-order valence-electron chi connectivity index (χ3n) is 2.24. The molecule has 0 fully saturated rings. The van der Waals surface area contributed by atoms with Crippen molar-refractivity contribution in [2.45, 2.75) is 6.42 Å². The van der Waals surface area contributed by atoms with Gasteiger partial charge in [-0.25, -0.2) is 0 Å². The highest BCUT2D eigenvalue weighted by Crippen LogP contribution is 2.21. The van der Waals surface area contributed by atoms with Crippen molar-refractivity contribution < 1.29 is 4.42 Å². The smallest absolute Gasteiger partial charge is 0.322 e. The van der Waals surface area contributed by atoms with Gasteiger partial charge in [-0.15, -0.1) is 5.10 Å². The second kappa shape index (κ2) is 4.76. The van der Waals surface area contributed by atoms with E-state index in [2.05, 4.69) is 10.2 Å². The van der Waals surface area contributed by atoms with Gasteiger partial charge in [0.05, 0.1) is 0 Å². The lowest BCUT2D eigenvalue weighted by Crippen LogP contribution is -2.09. The Morgan fingerprint density at radius 2 is 2.00 bits per heavy atom. The first-order valence-electron chi connectivity index (χ1n) is 5.12. The van der Waals surface area contributed by atoms with Crippen LogP contribution in [0.25, 0.3) is 0 Å². The molecule has 0 saturated heterocycles. The second-order valence-corrected chi connectivity index (χ2v) is 3.41. The average Bonchev–Trinajstić information content (AvgIpc) is 2.78. The molecular formula is C11H14N4O. The van der Waals surface area contributed by atoms with E-state index in [1.54, 1.807) is 0 Å². The molecule has 0 aliphatic rings. The molecule has 0 unspecified atom stereocenters. The molecule has 0 radical (unpaired) electrons. The summed E-state index contributed by atoms with van der Waals surface area (Å²) in [6.45, 7) is 0.511. The lowest BCUT2D eigenvalue weighted by Gasteiger charge is -2.13. The van der Waals surface area contributed by atoms with Crippen LogP contribution in [0.1, 0.15) is 5.89 Å². The molecule has 0 atom stereocenters. The first kappa shape index (κ1) is 10.6. The number of rotatable bonds is 4. The Labute approximate surface area is 93.9 Å². The van der Waals surface area contributed by atoms with Crippen molar-refractivity contribution in [1.82, 2.24) is 10.2 Å². The fraction of sp³-hybridized carbons (Fsp3) is 0.273. The highest BCUT2D eigenvalue weighted by atomic mass is 16.4. The fourth-order valence-corrected chi connectivity index (χ4v) is 1.37. The molecule has 0 aliphatic carbocycles. The predicted molar refractivity (Wildman–Crippen MR) is 61.6 cm³/mol. The number of aromatic nitrogens is 2. The first-order chi connectivity index (χ1) is 7.81. The minimum absolute atomic E-state index is 0.481. The Kier molecular flexibility index (Phi) is 3.16. The zero-order valence-corrected chi connectivity index (χ0v) is 9.13. The van der Waals surface area contributed by atoms with Crippen molar-refractivity contribution in [3.05, 3.63) is 36.2 Å². The monoisotopic (exact) mass is 218 g/mol. The molecule has 0 spiro atoms. The lowest BCUT2D eigenvalue weighted by molar-refractivity contribution is 0.499. The molecule has 1 heterocycles. The zero-order valence-electron chi connectivity index (χ0n) is 9.13. The van der Waals surface area contributed by atoms with Crippen LogP contribution in [0.5, 0.6) is 0 Å². The van der Waals surface area contributed by atoms with Gasteiger partial charge in [0.2, 0.25) is 5.89 Å². The van der Waals surface area contributed by atoms with Gasteiger partial charge in [-0.2, -0.15) is 0 Å². The Hall–Kier alpha value is -1.88. The van der Waals surface area contributed by atoms with Gasteiger partial charge < -0.3 is 10.2 Å². The van der Waals surface area contributed by atoms with Crippen molar-refractivity contribution in [1.29, 1.82) is 0 Å². The van der Waals surface area contributed by atoms with Crippen LogP contribution in [-0.4, -0.2) is 23.8 Å². The predicted octanol–water partition coefficient (Wildman–Crippen LogP) is 1.34. The number of hydrogen-bond donors (Lipinski definition) is 1. The summed E-state index contributed by atoms with van der Waals surface area (Å²) in [6.07, 6.45) is 0.607. The summed E-state index contributed by atoms with van der Waals surface area (Å²) in [5, 5.41) is 7.88. The summed E-state index contributed by atoms with van der Waals surface area (Å²) in [7, 11) is 1.88. The Morgan fingerprint density at radius 3 is 2.69 bits per heavy atom. The summed E-state index contributed by atoms with van der Waals surface area (Å²) in [5.74, 6) is 0.570. The molecular weight excluding hydrogens is 204 g/mol. The molecule has 0 aliphatic heterocycles. The molecule has 2 rings (SSSR count). The molecule has 5 heteroatoms. The van der Waals surface area contributed by atoms with E-state index in [0.29, 0.717) is 24.9 Å². The van der Waals surface area contributed by atoms with Crippen molar-refractivity contribution in [2.24, 2.45) is 5.73 Å². The Balaban J connectivity index is 2.17. The Bertz CT molecular complexity index is 440. The van der Waals surface area contributed by atoms with Gasteiger partial charge >= 0.3 is 6.01 Å². The molecule has 0 bridgehead atoms. The van der Waals surface area contributed by atoms with E-state index in [1.165, 1.54) is 0 Å². The summed E-state index contributed by atoms with van der Waals surface area (Å²) in [4.78, 5) is 1.84. The average molecular weight is 218 g/mol. The maximum Gasteiger partial charge on any atom is 0.322 e. The van der Waals surface area contributed by atoms with E-state index in [-0.39, 0.29) is 0 Å². The Morgan fingerprint density at radius 1 is 1.25 bits per heavy atom. The summed E-state index contributed by atoms with van der Waals surface area (Å²) < 4.78 is 5.46. The second-order valence-electron chi connectivity index (χ2n) is 3.41. The standard InChI is InChI=1S/C11H14N4O/c1-15(9-5-3-2-4-6-9)11-14-13-10(16-11)7-8-12/h2-6H,7-8,12H2,1H3. The zero-order chi connectivity index (χ0) is 11.4. The van der Waals surface area contributed by atoms with Crippen molar-refractivity contribution in [3.8, 4) is 0 Å².